The molecule has 1 saturated heterocycles. The van der Waals surface area contributed by atoms with Gasteiger partial charge in [-0.05, 0) is 18.9 Å². The highest BCUT2D eigenvalue weighted by molar-refractivity contribution is 5.67. The molecule has 1 atom stereocenters. The Labute approximate surface area is 93.2 Å². The van der Waals surface area contributed by atoms with Crippen LogP contribution in [0.3, 0.4) is 0 Å². The first-order chi connectivity index (χ1) is 7.63. The third-order valence-corrected chi connectivity index (χ3v) is 2.77. The third-order valence-electron chi connectivity index (χ3n) is 2.77. The van der Waals surface area contributed by atoms with E-state index in [-0.39, 0.29) is 12.3 Å². The molecule has 1 aromatic rings. The van der Waals surface area contributed by atoms with E-state index in [2.05, 4.69) is 15.0 Å². The molecule has 0 saturated carbocycles. The Bertz CT molecular complexity index is 377. The fourth-order valence-corrected chi connectivity index (χ4v) is 2.08. The lowest BCUT2D eigenvalue weighted by Gasteiger charge is -2.12. The summed E-state index contributed by atoms with van der Waals surface area (Å²) in [6.07, 6.45) is 1.19. The van der Waals surface area contributed by atoms with Crippen molar-refractivity contribution in [3.63, 3.8) is 0 Å². The Balaban J connectivity index is 1.82. The fraction of sp³-hybridized carbons (Fsp3) is 0.700. The minimum Gasteiger partial charge on any atom is -0.481 e. The maximum absolute atomic E-state index is 10.6. The van der Waals surface area contributed by atoms with Gasteiger partial charge in [0.25, 0.3) is 0 Å². The van der Waals surface area contributed by atoms with Crippen LogP contribution in [0.2, 0.25) is 0 Å². The number of hydrogen-bond donors (Lipinski definition) is 1. The normalized spacial score (nSPS) is 21.4. The number of rotatable bonds is 4. The van der Waals surface area contributed by atoms with Crippen molar-refractivity contribution in [2.24, 2.45) is 5.92 Å². The van der Waals surface area contributed by atoms with Gasteiger partial charge < -0.3 is 9.63 Å². The van der Waals surface area contributed by atoms with Crippen LogP contribution in [0.5, 0.6) is 0 Å². The summed E-state index contributed by atoms with van der Waals surface area (Å²) in [5.41, 5.74) is 0. The number of carboxylic acids is 1. The molecule has 1 fully saturated rings. The molecule has 1 N–H and O–H groups in total. The maximum Gasteiger partial charge on any atom is 0.303 e. The first kappa shape index (κ1) is 11.1. The summed E-state index contributed by atoms with van der Waals surface area (Å²) >= 11 is 0. The second kappa shape index (κ2) is 4.61. The van der Waals surface area contributed by atoms with Gasteiger partial charge in [-0.3, -0.25) is 9.69 Å². The number of nitrogens with zero attached hydrogens (tertiary/aromatic N) is 3. The van der Waals surface area contributed by atoms with Crippen molar-refractivity contribution < 1.29 is 14.4 Å². The summed E-state index contributed by atoms with van der Waals surface area (Å²) in [6.45, 7) is 4.12. The van der Waals surface area contributed by atoms with Crippen molar-refractivity contribution in [2.75, 3.05) is 13.1 Å². The molecular formula is C10H15N3O3. The van der Waals surface area contributed by atoms with Crippen molar-refractivity contribution in [2.45, 2.75) is 26.3 Å². The summed E-state index contributed by atoms with van der Waals surface area (Å²) < 4.78 is 4.88. The fourth-order valence-electron chi connectivity index (χ4n) is 2.08. The zero-order chi connectivity index (χ0) is 11.5. The number of aliphatic carboxylic acids is 1. The van der Waals surface area contributed by atoms with Gasteiger partial charge in [0.15, 0.2) is 5.82 Å². The molecule has 2 rings (SSSR count). The van der Waals surface area contributed by atoms with Crippen molar-refractivity contribution >= 4 is 5.97 Å². The molecule has 0 aliphatic carbocycles. The molecule has 2 heterocycles. The molecular weight excluding hydrogens is 210 g/mol. The number of likely N-dealkylation sites (tertiary alicyclic amines) is 1. The van der Waals surface area contributed by atoms with Crippen molar-refractivity contribution in [1.29, 1.82) is 0 Å². The van der Waals surface area contributed by atoms with Gasteiger partial charge >= 0.3 is 5.97 Å². The smallest absolute Gasteiger partial charge is 0.303 e. The summed E-state index contributed by atoms with van der Waals surface area (Å²) in [5.74, 6) is 0.775. The number of aryl methyl sites for hydroxylation is 1. The van der Waals surface area contributed by atoms with E-state index in [4.69, 9.17) is 9.63 Å². The zero-order valence-electron chi connectivity index (χ0n) is 9.22. The topological polar surface area (TPSA) is 79.5 Å². The second-order valence-corrected chi connectivity index (χ2v) is 4.22. The Kier molecular flexibility index (Phi) is 3.19. The molecule has 6 nitrogen and oxygen atoms in total. The van der Waals surface area contributed by atoms with Crippen LogP contribution in [-0.2, 0) is 11.3 Å². The van der Waals surface area contributed by atoms with Gasteiger partial charge in [-0.15, -0.1) is 0 Å². The Hall–Kier alpha value is -1.43. The SMILES string of the molecule is Cc1nc(CN2CCC(CC(=O)O)C2)no1. The van der Waals surface area contributed by atoms with Gasteiger partial charge in [-0.2, -0.15) is 4.98 Å². The summed E-state index contributed by atoms with van der Waals surface area (Å²) in [6, 6.07) is 0. The van der Waals surface area contributed by atoms with Crippen LogP contribution in [0.4, 0.5) is 0 Å². The molecule has 0 spiro atoms. The van der Waals surface area contributed by atoms with Crippen LogP contribution in [0.15, 0.2) is 4.52 Å². The number of hydrogen-bond acceptors (Lipinski definition) is 5. The van der Waals surface area contributed by atoms with E-state index in [1.54, 1.807) is 6.92 Å². The van der Waals surface area contributed by atoms with E-state index in [1.165, 1.54) is 0 Å². The molecule has 0 aromatic carbocycles. The summed E-state index contributed by atoms with van der Waals surface area (Å²) in [4.78, 5) is 16.9. The highest BCUT2D eigenvalue weighted by Crippen LogP contribution is 2.20. The number of carboxylic acid groups (broad SMARTS) is 1. The molecule has 6 heteroatoms. The Morgan fingerprint density at radius 2 is 2.50 bits per heavy atom. The van der Waals surface area contributed by atoms with Crippen molar-refractivity contribution in [1.82, 2.24) is 15.0 Å². The highest BCUT2D eigenvalue weighted by atomic mass is 16.5. The quantitative estimate of drug-likeness (QED) is 0.811. The minimum atomic E-state index is -0.720. The van der Waals surface area contributed by atoms with Crippen molar-refractivity contribution in [3.8, 4) is 0 Å². The number of carbonyl (C=O) groups is 1. The molecule has 16 heavy (non-hydrogen) atoms. The number of aromatic nitrogens is 2. The van der Waals surface area contributed by atoms with E-state index in [9.17, 15) is 4.79 Å². The third kappa shape index (κ3) is 2.79. The predicted molar refractivity (Wildman–Crippen MR) is 54.7 cm³/mol. The maximum atomic E-state index is 10.6. The minimum absolute atomic E-state index is 0.252. The van der Waals surface area contributed by atoms with E-state index in [0.29, 0.717) is 18.3 Å². The molecule has 1 aromatic heterocycles. The van der Waals surface area contributed by atoms with E-state index < -0.39 is 5.97 Å². The van der Waals surface area contributed by atoms with Crippen LogP contribution < -0.4 is 0 Å². The van der Waals surface area contributed by atoms with Crippen LogP contribution in [0.1, 0.15) is 24.6 Å². The van der Waals surface area contributed by atoms with Gasteiger partial charge in [0.2, 0.25) is 5.89 Å². The van der Waals surface area contributed by atoms with Crippen LogP contribution in [0.25, 0.3) is 0 Å². The molecule has 1 unspecified atom stereocenters. The zero-order valence-corrected chi connectivity index (χ0v) is 9.22. The summed E-state index contributed by atoms with van der Waals surface area (Å²) in [7, 11) is 0. The molecule has 0 amide bonds. The average Bonchev–Trinajstić information content (AvgIpc) is 2.76. The first-order valence-corrected chi connectivity index (χ1v) is 5.37. The lowest BCUT2D eigenvalue weighted by molar-refractivity contribution is -0.138. The Morgan fingerprint density at radius 3 is 3.12 bits per heavy atom. The van der Waals surface area contributed by atoms with E-state index in [1.807, 2.05) is 0 Å². The van der Waals surface area contributed by atoms with Gasteiger partial charge in [0.05, 0.1) is 6.54 Å². The van der Waals surface area contributed by atoms with Crippen LogP contribution in [-0.4, -0.2) is 39.2 Å². The van der Waals surface area contributed by atoms with E-state index in [0.717, 1.165) is 19.5 Å². The van der Waals surface area contributed by atoms with Crippen molar-refractivity contribution in [3.05, 3.63) is 11.7 Å². The molecule has 0 radical (unpaired) electrons. The molecule has 88 valence electrons. The van der Waals surface area contributed by atoms with E-state index >= 15 is 0 Å². The Morgan fingerprint density at radius 1 is 1.69 bits per heavy atom. The second-order valence-electron chi connectivity index (χ2n) is 4.22. The monoisotopic (exact) mass is 225 g/mol. The molecule has 0 bridgehead atoms. The lowest BCUT2D eigenvalue weighted by atomic mass is 10.1. The predicted octanol–water partition coefficient (Wildman–Crippen LogP) is 0.675. The van der Waals surface area contributed by atoms with Crippen LogP contribution >= 0.6 is 0 Å². The van der Waals surface area contributed by atoms with Crippen LogP contribution in [0, 0.1) is 12.8 Å². The van der Waals surface area contributed by atoms with Gasteiger partial charge in [0, 0.05) is 19.9 Å². The largest absolute Gasteiger partial charge is 0.481 e. The summed E-state index contributed by atoms with van der Waals surface area (Å²) in [5, 5.41) is 12.5. The van der Waals surface area contributed by atoms with Gasteiger partial charge in [0.1, 0.15) is 0 Å². The van der Waals surface area contributed by atoms with Gasteiger partial charge in [-0.25, -0.2) is 0 Å². The highest BCUT2D eigenvalue weighted by Gasteiger charge is 2.25. The standard InChI is InChI=1S/C10H15N3O3/c1-7-11-9(12-16-7)6-13-3-2-8(5-13)4-10(14)15/h8H,2-6H2,1H3,(H,14,15). The lowest BCUT2D eigenvalue weighted by Crippen LogP contribution is -2.21. The molecule has 1 aliphatic rings. The average molecular weight is 225 g/mol. The first-order valence-electron chi connectivity index (χ1n) is 5.37. The van der Waals surface area contributed by atoms with Gasteiger partial charge in [-0.1, -0.05) is 5.16 Å². The molecule has 1 aliphatic heterocycles.